The van der Waals surface area contributed by atoms with Gasteiger partial charge in [0, 0.05) is 48.9 Å². The van der Waals surface area contributed by atoms with Gasteiger partial charge in [-0.25, -0.2) is 4.79 Å². The lowest BCUT2D eigenvalue weighted by Crippen LogP contribution is -2.46. The van der Waals surface area contributed by atoms with Gasteiger partial charge in [-0.05, 0) is 96.4 Å². The van der Waals surface area contributed by atoms with E-state index in [9.17, 15) is 14.4 Å². The summed E-state index contributed by atoms with van der Waals surface area (Å²) in [7, 11) is 0. The fraction of sp³-hybridized carbons (Fsp3) is 0.528. The van der Waals surface area contributed by atoms with Gasteiger partial charge in [0.25, 0.3) is 5.56 Å². The molecule has 1 aromatic heterocycles. The second-order valence-electron chi connectivity index (χ2n) is 13.6. The average Bonchev–Trinajstić information content (AvgIpc) is 3.50. The molecule has 3 aromatic rings. The third-order valence-electron chi connectivity index (χ3n) is 8.66. The number of halogens is 1. The van der Waals surface area contributed by atoms with Crippen LogP contribution in [0.15, 0.2) is 35.1 Å². The Balaban J connectivity index is 1.48. The lowest BCUT2D eigenvalue weighted by atomic mass is 9.97. The van der Waals surface area contributed by atoms with Gasteiger partial charge in [-0.15, -0.1) is 0 Å². The number of aryl methyl sites for hydroxylation is 3. The first-order chi connectivity index (χ1) is 21.4. The number of benzene rings is 2. The van der Waals surface area contributed by atoms with Gasteiger partial charge in [-0.1, -0.05) is 40.9 Å². The molecule has 2 amide bonds. The number of H-pyrrole nitrogens is 1. The number of nitrogens with zero attached hydrogens (tertiary/aromatic N) is 2. The smallest absolute Gasteiger partial charge is 0.410 e. The summed E-state index contributed by atoms with van der Waals surface area (Å²) in [6, 6.07) is 9.76. The molecule has 0 bridgehead atoms. The number of aromatic nitrogens is 1. The monoisotopic (exact) mass is 635 g/mol. The second-order valence-corrected chi connectivity index (χ2v) is 14.0. The lowest BCUT2D eigenvalue weighted by molar-refractivity contribution is -0.130. The Bertz CT molecular complexity index is 1600. The Morgan fingerprint density at radius 1 is 0.978 bits per heavy atom. The molecule has 5 rings (SSSR count). The van der Waals surface area contributed by atoms with E-state index >= 15 is 0 Å². The highest BCUT2D eigenvalue weighted by molar-refractivity contribution is 6.32. The van der Waals surface area contributed by atoms with Crippen LogP contribution in [0.1, 0.15) is 82.4 Å². The predicted molar refractivity (Wildman–Crippen MR) is 179 cm³/mol. The van der Waals surface area contributed by atoms with E-state index in [1.807, 2.05) is 62.6 Å². The van der Waals surface area contributed by atoms with E-state index in [1.54, 1.807) is 6.07 Å². The highest BCUT2D eigenvalue weighted by Crippen LogP contribution is 2.37. The van der Waals surface area contributed by atoms with Crippen LogP contribution in [0.4, 0.5) is 4.79 Å². The van der Waals surface area contributed by atoms with E-state index in [2.05, 4.69) is 11.1 Å². The zero-order valence-electron chi connectivity index (χ0n) is 27.3. The molecule has 8 nitrogen and oxygen atoms in total. The summed E-state index contributed by atoms with van der Waals surface area (Å²) in [5.41, 5.74) is 3.91. The van der Waals surface area contributed by atoms with E-state index in [-0.39, 0.29) is 23.6 Å². The first-order valence-electron chi connectivity index (χ1n) is 16.3. The maximum atomic E-state index is 13.7. The summed E-state index contributed by atoms with van der Waals surface area (Å²) < 4.78 is 12.3. The van der Waals surface area contributed by atoms with Crippen molar-refractivity contribution in [2.24, 2.45) is 0 Å². The van der Waals surface area contributed by atoms with Gasteiger partial charge >= 0.3 is 6.09 Å². The number of likely N-dealkylation sites (tertiary alicyclic amines) is 2. The predicted octanol–water partition coefficient (Wildman–Crippen LogP) is 7.58. The zero-order valence-corrected chi connectivity index (χ0v) is 28.0. The summed E-state index contributed by atoms with van der Waals surface area (Å²) in [5.74, 6) is 0.627. The van der Waals surface area contributed by atoms with E-state index in [0.717, 1.165) is 72.8 Å². The number of fused-ring (bicyclic) bond motifs is 1. The number of carbonyl (C=O) groups excluding carboxylic acids is 2. The Hall–Kier alpha value is -3.52. The molecule has 2 aromatic carbocycles. The number of carbonyl (C=O) groups is 2. The highest BCUT2D eigenvalue weighted by atomic mass is 35.5. The number of amides is 2. The fourth-order valence-electron chi connectivity index (χ4n) is 6.58. The maximum Gasteiger partial charge on any atom is 0.410 e. The molecule has 2 aliphatic rings. The van der Waals surface area contributed by atoms with Gasteiger partial charge in [0.2, 0.25) is 5.91 Å². The zero-order chi connectivity index (χ0) is 32.3. The second kappa shape index (κ2) is 13.9. The van der Waals surface area contributed by atoms with E-state index in [4.69, 9.17) is 21.1 Å². The molecule has 0 saturated carbocycles. The Kier molecular flexibility index (Phi) is 10.1. The third kappa shape index (κ3) is 8.01. The minimum Gasteiger partial charge on any atom is -0.492 e. The van der Waals surface area contributed by atoms with Crippen LogP contribution in [0, 0.1) is 13.8 Å². The molecule has 9 heteroatoms. The Labute approximate surface area is 271 Å². The molecule has 0 aliphatic carbocycles. The quantitative estimate of drug-likeness (QED) is 0.275. The van der Waals surface area contributed by atoms with Crippen molar-refractivity contribution in [2.45, 2.75) is 97.6 Å². The lowest BCUT2D eigenvalue weighted by Gasteiger charge is -2.36. The van der Waals surface area contributed by atoms with Crippen LogP contribution >= 0.6 is 11.6 Å². The van der Waals surface area contributed by atoms with Gasteiger partial charge in [0.15, 0.2) is 0 Å². The van der Waals surface area contributed by atoms with Gasteiger partial charge in [0.05, 0.1) is 17.7 Å². The van der Waals surface area contributed by atoms with Crippen molar-refractivity contribution >= 4 is 34.5 Å². The number of hydrogen-bond donors (Lipinski definition) is 1. The topological polar surface area (TPSA) is 91.9 Å². The molecule has 2 fully saturated rings. The van der Waals surface area contributed by atoms with Gasteiger partial charge in [0.1, 0.15) is 11.4 Å². The van der Waals surface area contributed by atoms with Crippen LogP contribution < -0.4 is 10.3 Å². The number of ether oxygens (including phenoxy) is 2. The highest BCUT2D eigenvalue weighted by Gasteiger charge is 2.31. The number of aromatic amines is 1. The van der Waals surface area contributed by atoms with Crippen LogP contribution in [-0.2, 0) is 16.0 Å². The number of piperidine rings is 1. The molecule has 242 valence electrons. The number of pyridine rings is 1. The maximum absolute atomic E-state index is 13.7. The van der Waals surface area contributed by atoms with Gasteiger partial charge < -0.3 is 24.3 Å². The minimum atomic E-state index is -0.571. The molecule has 2 aliphatic heterocycles. The van der Waals surface area contributed by atoms with Crippen LogP contribution in [-0.4, -0.2) is 64.7 Å². The van der Waals surface area contributed by atoms with E-state index < -0.39 is 5.60 Å². The van der Waals surface area contributed by atoms with Crippen molar-refractivity contribution in [1.29, 1.82) is 0 Å². The van der Waals surface area contributed by atoms with Crippen LogP contribution in [0.2, 0.25) is 5.02 Å². The van der Waals surface area contributed by atoms with Crippen molar-refractivity contribution in [3.63, 3.8) is 0 Å². The van der Waals surface area contributed by atoms with Crippen molar-refractivity contribution in [1.82, 2.24) is 14.8 Å². The summed E-state index contributed by atoms with van der Waals surface area (Å²) in [6.45, 7) is 12.2. The van der Waals surface area contributed by atoms with Crippen LogP contribution in [0.25, 0.3) is 22.0 Å². The summed E-state index contributed by atoms with van der Waals surface area (Å²) in [4.78, 5) is 46.3. The van der Waals surface area contributed by atoms with E-state index in [0.29, 0.717) is 54.3 Å². The van der Waals surface area contributed by atoms with Crippen molar-refractivity contribution in [3.05, 3.63) is 62.4 Å². The fourth-order valence-corrected chi connectivity index (χ4v) is 6.84. The molecule has 2 saturated heterocycles. The summed E-state index contributed by atoms with van der Waals surface area (Å²) in [6.07, 6.45) is 6.11. The van der Waals surface area contributed by atoms with Crippen LogP contribution in [0.3, 0.4) is 0 Å². The largest absolute Gasteiger partial charge is 0.492 e. The Morgan fingerprint density at radius 3 is 2.36 bits per heavy atom. The molecular formula is C36H46ClN3O5. The minimum absolute atomic E-state index is 0.0202. The van der Waals surface area contributed by atoms with Gasteiger partial charge in [-0.3, -0.25) is 9.59 Å². The SMILES string of the molecule is Cc1cc(C)cc(-c2c(OCCC3CCCCN3C(=O)OC(C)(C)C)c3cc(CCC(=O)N4CCCC4)c(Cl)cc3[nH]c2=O)c1. The average molecular weight is 636 g/mol. The first kappa shape index (κ1) is 32.9. The standard InChI is InChI=1S/C36H46ClN3O5/c1-23-18-24(2)20-26(19-23)32-33(44-17-13-27-10-6-7-16-40(27)35(43)45-36(3,4)5)28-21-25(29(37)22-30(28)38-34(32)42)11-12-31(41)39-14-8-9-15-39/h18-22,27H,6-17H2,1-5H3,(H,38,42). The van der Waals surface area contributed by atoms with Gasteiger partial charge in [-0.2, -0.15) is 0 Å². The van der Waals surface area contributed by atoms with Crippen molar-refractivity contribution in [2.75, 3.05) is 26.2 Å². The summed E-state index contributed by atoms with van der Waals surface area (Å²) >= 11 is 6.71. The number of rotatable bonds is 8. The molecule has 0 radical (unpaired) electrons. The Morgan fingerprint density at radius 2 is 1.67 bits per heavy atom. The number of nitrogens with one attached hydrogen (secondary N) is 1. The molecule has 45 heavy (non-hydrogen) atoms. The van der Waals surface area contributed by atoms with Crippen molar-refractivity contribution in [3.8, 4) is 16.9 Å². The molecular weight excluding hydrogens is 590 g/mol. The number of hydrogen-bond acceptors (Lipinski definition) is 5. The molecule has 3 heterocycles. The van der Waals surface area contributed by atoms with E-state index in [1.165, 1.54) is 0 Å². The third-order valence-corrected chi connectivity index (χ3v) is 9.02. The molecule has 1 atom stereocenters. The molecule has 1 unspecified atom stereocenters. The van der Waals surface area contributed by atoms with Crippen molar-refractivity contribution < 1.29 is 19.1 Å². The summed E-state index contributed by atoms with van der Waals surface area (Å²) in [5, 5.41) is 1.25. The molecule has 0 spiro atoms. The van der Waals surface area contributed by atoms with Crippen LogP contribution in [0.5, 0.6) is 5.75 Å². The molecule has 1 N–H and O–H groups in total. The first-order valence-corrected chi connectivity index (χ1v) is 16.6. The normalized spacial score (nSPS) is 17.2.